The minimum Gasteiger partial charge on any atom is -0.371 e. The largest absolute Gasteiger partial charge is 0.371 e. The van der Waals surface area contributed by atoms with Gasteiger partial charge in [0.05, 0.1) is 0 Å². The van der Waals surface area contributed by atoms with Crippen molar-refractivity contribution in [2.24, 2.45) is 0 Å². The maximum atomic E-state index is 11.3. The van der Waals surface area contributed by atoms with Crippen LogP contribution >= 0.6 is 11.8 Å². The first-order valence-corrected chi connectivity index (χ1v) is 5.04. The van der Waals surface area contributed by atoms with E-state index in [-0.39, 0.29) is 17.3 Å². The number of rotatable bonds is 4. The monoisotopic (exact) mass is 191 g/mol. The molecule has 12 heavy (non-hydrogen) atoms. The van der Waals surface area contributed by atoms with Gasteiger partial charge < -0.3 is 9.64 Å². The Morgan fingerprint density at radius 2 is 2.00 bits per heavy atom. The molecular weight excluding hydrogens is 174 g/mol. The van der Waals surface area contributed by atoms with Crippen molar-refractivity contribution in [1.82, 2.24) is 4.90 Å². The zero-order chi connectivity index (χ0) is 9.72. The molecule has 0 saturated carbocycles. The van der Waals surface area contributed by atoms with Crippen molar-refractivity contribution in [2.75, 3.05) is 27.5 Å². The summed E-state index contributed by atoms with van der Waals surface area (Å²) in [6, 6.07) is 0.120. The van der Waals surface area contributed by atoms with Gasteiger partial charge in [-0.2, -0.15) is 0 Å². The van der Waals surface area contributed by atoms with E-state index in [1.807, 2.05) is 25.9 Å². The second kappa shape index (κ2) is 5.56. The predicted octanol–water partition coefficient (Wildman–Crippen LogP) is 0.841. The van der Waals surface area contributed by atoms with Crippen LogP contribution in [0, 0.1) is 0 Å². The molecule has 0 spiro atoms. The van der Waals surface area contributed by atoms with Crippen molar-refractivity contribution >= 4 is 16.9 Å². The van der Waals surface area contributed by atoms with E-state index in [0.717, 1.165) is 0 Å². The van der Waals surface area contributed by atoms with E-state index >= 15 is 0 Å². The van der Waals surface area contributed by atoms with Gasteiger partial charge in [0.1, 0.15) is 6.10 Å². The highest BCUT2D eigenvalue weighted by Gasteiger charge is 2.25. The van der Waals surface area contributed by atoms with Gasteiger partial charge in [-0.1, -0.05) is 11.8 Å². The van der Waals surface area contributed by atoms with Gasteiger partial charge in [-0.05, 0) is 27.3 Å². The summed E-state index contributed by atoms with van der Waals surface area (Å²) in [6.45, 7) is 1.97. The number of hydrogen-bond donors (Lipinski definition) is 0. The predicted molar refractivity (Wildman–Crippen MR) is 52.5 cm³/mol. The summed E-state index contributed by atoms with van der Waals surface area (Å²) in [5.41, 5.74) is 0. The summed E-state index contributed by atoms with van der Waals surface area (Å²) >= 11 is 1.21. The fourth-order valence-electron chi connectivity index (χ4n) is 0.877. The van der Waals surface area contributed by atoms with Crippen LogP contribution in [0.2, 0.25) is 0 Å². The average Bonchev–Trinajstić information content (AvgIpc) is 2.05. The summed E-state index contributed by atoms with van der Waals surface area (Å²) in [5, 5.41) is 0.0821. The van der Waals surface area contributed by atoms with Crippen molar-refractivity contribution in [3.8, 4) is 0 Å². The van der Waals surface area contributed by atoms with Gasteiger partial charge in [-0.25, -0.2) is 0 Å². The maximum Gasteiger partial charge on any atom is 0.219 e. The standard InChI is InChI=1S/C8H17NO2S/c1-6(9(2)3)7(11-4)8(10)12-5/h6-7H,1-5H3. The smallest absolute Gasteiger partial charge is 0.219 e. The number of carbonyl (C=O) groups is 1. The molecule has 4 heteroatoms. The SMILES string of the molecule is COC(C(=O)SC)C(C)N(C)C. The quantitative estimate of drug-likeness (QED) is 0.658. The highest BCUT2D eigenvalue weighted by atomic mass is 32.2. The molecule has 0 aromatic carbocycles. The van der Waals surface area contributed by atoms with Gasteiger partial charge in [-0.15, -0.1) is 0 Å². The van der Waals surface area contributed by atoms with Gasteiger partial charge in [0.2, 0.25) is 5.12 Å². The summed E-state index contributed by atoms with van der Waals surface area (Å²) in [4.78, 5) is 13.3. The lowest BCUT2D eigenvalue weighted by Gasteiger charge is -2.26. The molecule has 2 unspecified atom stereocenters. The minimum atomic E-state index is -0.324. The third-order valence-electron chi connectivity index (χ3n) is 1.94. The third-order valence-corrected chi connectivity index (χ3v) is 2.57. The Morgan fingerprint density at radius 1 is 1.50 bits per heavy atom. The Morgan fingerprint density at radius 3 is 2.25 bits per heavy atom. The molecule has 0 aromatic rings. The molecule has 0 aliphatic heterocycles. The Labute approximate surface area is 78.5 Å². The second-order valence-corrected chi connectivity index (χ2v) is 3.69. The number of nitrogens with zero attached hydrogens (tertiary/aromatic N) is 1. The van der Waals surface area contributed by atoms with Gasteiger partial charge in [0.25, 0.3) is 0 Å². The molecule has 0 radical (unpaired) electrons. The molecule has 0 bridgehead atoms. The molecular formula is C8H17NO2S. The van der Waals surface area contributed by atoms with E-state index in [1.165, 1.54) is 11.8 Å². The molecule has 0 aromatic heterocycles. The summed E-state index contributed by atoms with van der Waals surface area (Å²) in [6.07, 6.45) is 1.45. The highest BCUT2D eigenvalue weighted by molar-refractivity contribution is 8.13. The van der Waals surface area contributed by atoms with Crippen molar-refractivity contribution in [3.05, 3.63) is 0 Å². The molecule has 0 N–H and O–H groups in total. The van der Waals surface area contributed by atoms with Gasteiger partial charge >= 0.3 is 0 Å². The first-order valence-electron chi connectivity index (χ1n) is 3.81. The van der Waals surface area contributed by atoms with E-state index in [9.17, 15) is 4.79 Å². The normalized spacial score (nSPS) is 16.2. The van der Waals surface area contributed by atoms with Crippen molar-refractivity contribution in [1.29, 1.82) is 0 Å². The van der Waals surface area contributed by atoms with E-state index in [1.54, 1.807) is 13.4 Å². The van der Waals surface area contributed by atoms with Crippen LogP contribution < -0.4 is 0 Å². The number of likely N-dealkylation sites (N-methyl/N-ethyl adjacent to an activating group) is 1. The van der Waals surface area contributed by atoms with Crippen molar-refractivity contribution in [2.45, 2.75) is 19.1 Å². The Kier molecular flexibility index (Phi) is 5.53. The van der Waals surface area contributed by atoms with Gasteiger partial charge in [0, 0.05) is 13.2 Å². The second-order valence-electron chi connectivity index (χ2n) is 2.88. The highest BCUT2D eigenvalue weighted by Crippen LogP contribution is 2.11. The molecule has 0 aliphatic rings. The molecule has 0 amide bonds. The summed E-state index contributed by atoms with van der Waals surface area (Å²) in [5.74, 6) is 0. The number of hydrogen-bond acceptors (Lipinski definition) is 4. The molecule has 2 atom stereocenters. The first-order chi connectivity index (χ1) is 5.54. The fourth-order valence-corrected chi connectivity index (χ4v) is 1.40. The van der Waals surface area contributed by atoms with E-state index in [2.05, 4.69) is 0 Å². The van der Waals surface area contributed by atoms with Crippen LogP contribution in [-0.4, -0.2) is 49.6 Å². The zero-order valence-electron chi connectivity index (χ0n) is 8.33. The van der Waals surface area contributed by atoms with Gasteiger partial charge in [-0.3, -0.25) is 4.79 Å². The molecule has 0 rings (SSSR count). The van der Waals surface area contributed by atoms with E-state index in [4.69, 9.17) is 4.74 Å². The van der Waals surface area contributed by atoms with Crippen LogP contribution in [-0.2, 0) is 9.53 Å². The third kappa shape index (κ3) is 3.13. The maximum absolute atomic E-state index is 11.3. The number of thioether (sulfide) groups is 1. The first kappa shape index (κ1) is 11.9. The van der Waals surface area contributed by atoms with E-state index < -0.39 is 0 Å². The summed E-state index contributed by atoms with van der Waals surface area (Å²) in [7, 11) is 5.44. The number of ether oxygens (including phenoxy) is 1. The van der Waals surface area contributed by atoms with Crippen LogP contribution in [0.5, 0.6) is 0 Å². The molecule has 72 valence electrons. The molecule has 3 nitrogen and oxygen atoms in total. The van der Waals surface area contributed by atoms with Crippen LogP contribution in [0.25, 0.3) is 0 Å². The van der Waals surface area contributed by atoms with Crippen LogP contribution in [0.15, 0.2) is 0 Å². The van der Waals surface area contributed by atoms with Gasteiger partial charge in [0.15, 0.2) is 0 Å². The minimum absolute atomic E-state index is 0.0821. The Balaban J connectivity index is 4.23. The Hall–Kier alpha value is -0.0600. The van der Waals surface area contributed by atoms with Crippen LogP contribution in [0.4, 0.5) is 0 Å². The lowest BCUT2D eigenvalue weighted by Crippen LogP contribution is -2.41. The fraction of sp³-hybridized carbons (Fsp3) is 0.875. The summed E-state index contributed by atoms with van der Waals surface area (Å²) < 4.78 is 5.11. The molecule has 0 heterocycles. The zero-order valence-corrected chi connectivity index (χ0v) is 9.14. The molecule has 0 saturated heterocycles. The topological polar surface area (TPSA) is 29.5 Å². The van der Waals surface area contributed by atoms with Crippen LogP contribution in [0.1, 0.15) is 6.92 Å². The number of methoxy groups -OCH3 is 1. The lowest BCUT2D eigenvalue weighted by atomic mass is 10.2. The molecule has 0 aliphatic carbocycles. The lowest BCUT2D eigenvalue weighted by molar-refractivity contribution is -0.122. The van der Waals surface area contributed by atoms with Crippen molar-refractivity contribution in [3.63, 3.8) is 0 Å². The van der Waals surface area contributed by atoms with Crippen LogP contribution in [0.3, 0.4) is 0 Å². The van der Waals surface area contributed by atoms with Crippen molar-refractivity contribution < 1.29 is 9.53 Å². The number of carbonyl (C=O) groups excluding carboxylic acids is 1. The average molecular weight is 191 g/mol. The molecule has 0 fully saturated rings. The van der Waals surface area contributed by atoms with E-state index in [0.29, 0.717) is 0 Å². The Bertz CT molecular complexity index is 150.